The van der Waals surface area contributed by atoms with Gasteiger partial charge in [0, 0.05) is 6.42 Å². The minimum atomic E-state index is -4.61. The number of phosphoric acid groups is 1. The fourth-order valence-electron chi connectivity index (χ4n) is 6.97. The van der Waals surface area contributed by atoms with Crippen LogP contribution < -0.4 is 10.2 Å². The number of aliphatic hydroxyl groups is 1. The number of nitrogens with one attached hydrogen (secondary N) is 1. The van der Waals surface area contributed by atoms with Crippen LogP contribution in [-0.4, -0.2) is 68.5 Å². The van der Waals surface area contributed by atoms with E-state index in [1.165, 1.54) is 57.8 Å². The standard InChI is InChI=1S/C59H101N2O6P/c1-6-8-10-12-14-16-18-20-21-22-23-24-25-26-27-28-29-30-31-32-33-34-35-36-37-38-39-41-43-45-47-49-51-53-59(63)60-57(56-67-68(64,65)66-55-54-61(3,4)5)58(62)52-50-48-46-44-42-40-19-17-15-13-11-9-7-2/h8,10,14,16,20-21,23-24,26-27,29-30,32-33,35-36,38-39,50,52,57-58,62H,6-7,9,11-13,15,17-19,22,25,28,31,34,37,40-49,51,53-56H2,1-5H3,(H-,60,63,64,65)/b10-8-,16-14-,21-20-,24-23-,27-26-,30-29-,33-32-,36-35-,39-38-,52-50+. The third kappa shape index (κ3) is 50.8. The van der Waals surface area contributed by atoms with E-state index >= 15 is 0 Å². The van der Waals surface area contributed by atoms with Crippen LogP contribution in [0.4, 0.5) is 0 Å². The molecule has 3 atom stereocenters. The smallest absolute Gasteiger partial charge is 0.268 e. The lowest BCUT2D eigenvalue weighted by Crippen LogP contribution is -2.45. The van der Waals surface area contributed by atoms with E-state index in [0.717, 1.165) is 116 Å². The van der Waals surface area contributed by atoms with E-state index < -0.39 is 26.6 Å². The van der Waals surface area contributed by atoms with Crippen LogP contribution in [0.1, 0.15) is 194 Å². The summed E-state index contributed by atoms with van der Waals surface area (Å²) in [6, 6.07) is -0.905. The van der Waals surface area contributed by atoms with Gasteiger partial charge in [-0.1, -0.05) is 219 Å². The molecule has 0 fully saturated rings. The molecule has 0 saturated heterocycles. The largest absolute Gasteiger partial charge is 0.756 e. The molecule has 0 aromatic carbocycles. The quantitative estimate of drug-likeness (QED) is 0.0272. The third-order valence-electron chi connectivity index (χ3n) is 11.2. The van der Waals surface area contributed by atoms with Crippen molar-refractivity contribution >= 4 is 13.7 Å². The van der Waals surface area contributed by atoms with Crippen LogP contribution in [0.15, 0.2) is 122 Å². The van der Waals surface area contributed by atoms with E-state index in [2.05, 4.69) is 129 Å². The molecule has 0 aliphatic carbocycles. The highest BCUT2D eigenvalue weighted by Gasteiger charge is 2.23. The average Bonchev–Trinajstić information content (AvgIpc) is 3.30. The first-order chi connectivity index (χ1) is 33.0. The van der Waals surface area contributed by atoms with E-state index in [1.807, 2.05) is 27.2 Å². The summed E-state index contributed by atoms with van der Waals surface area (Å²) >= 11 is 0. The molecule has 0 radical (unpaired) electrons. The first-order valence-electron chi connectivity index (χ1n) is 26.9. The van der Waals surface area contributed by atoms with Gasteiger partial charge in [0.2, 0.25) is 5.91 Å². The van der Waals surface area contributed by atoms with Gasteiger partial charge in [-0.2, -0.15) is 0 Å². The molecule has 3 unspecified atom stereocenters. The molecule has 0 bridgehead atoms. The SMILES string of the molecule is CC/C=C\C/C=C\C/C=C\C/C=C\C/C=C\C/C=C\C/C=C\C/C=C\C/C=C\CCCCCCCC(=O)NC(COP(=O)([O-])OCC[N+](C)(C)C)C(O)/C=C/CCCCCCCCCCCCC. The summed E-state index contributed by atoms with van der Waals surface area (Å²) in [5.74, 6) is -0.223. The normalized spacial score (nSPS) is 15.0. The Morgan fingerprint density at radius 1 is 0.529 bits per heavy atom. The summed E-state index contributed by atoms with van der Waals surface area (Å²) in [5.41, 5.74) is 0. The maximum Gasteiger partial charge on any atom is 0.268 e. The Hall–Kier alpha value is -3.10. The number of nitrogens with zero attached hydrogens (tertiary/aromatic N) is 1. The number of likely N-dealkylation sites (N-methyl/N-ethyl adjacent to an activating group) is 1. The van der Waals surface area contributed by atoms with E-state index in [0.29, 0.717) is 17.4 Å². The van der Waals surface area contributed by atoms with Gasteiger partial charge in [-0.25, -0.2) is 0 Å². The predicted molar refractivity (Wildman–Crippen MR) is 292 cm³/mol. The highest BCUT2D eigenvalue weighted by Crippen LogP contribution is 2.38. The number of amides is 1. The zero-order chi connectivity index (χ0) is 49.9. The van der Waals surface area contributed by atoms with Crippen molar-refractivity contribution in [2.24, 2.45) is 0 Å². The predicted octanol–water partition coefficient (Wildman–Crippen LogP) is 15.6. The number of quaternary nitrogens is 1. The summed E-state index contributed by atoms with van der Waals surface area (Å²) in [5, 5.41) is 13.8. The molecule has 0 aliphatic rings. The first kappa shape index (κ1) is 64.9. The lowest BCUT2D eigenvalue weighted by atomic mass is 10.0. The number of carbonyl (C=O) groups is 1. The van der Waals surface area contributed by atoms with E-state index in [1.54, 1.807) is 6.08 Å². The Labute approximate surface area is 418 Å². The van der Waals surface area contributed by atoms with Gasteiger partial charge < -0.3 is 28.8 Å². The topological polar surface area (TPSA) is 108 Å². The Bertz CT molecular complexity index is 1510. The molecule has 0 heterocycles. The lowest BCUT2D eigenvalue weighted by Gasteiger charge is -2.29. The van der Waals surface area contributed by atoms with Crippen molar-refractivity contribution in [3.05, 3.63) is 122 Å². The summed E-state index contributed by atoms with van der Waals surface area (Å²) in [6.45, 7) is 4.49. The maximum absolute atomic E-state index is 12.9. The molecule has 0 aromatic rings. The van der Waals surface area contributed by atoms with Crippen LogP contribution in [0.5, 0.6) is 0 Å². The van der Waals surface area contributed by atoms with Crippen molar-refractivity contribution in [1.82, 2.24) is 5.32 Å². The van der Waals surface area contributed by atoms with E-state index in [4.69, 9.17) is 9.05 Å². The van der Waals surface area contributed by atoms with Crippen LogP contribution in [0.2, 0.25) is 0 Å². The van der Waals surface area contributed by atoms with E-state index in [-0.39, 0.29) is 12.5 Å². The monoisotopic (exact) mass is 965 g/mol. The van der Waals surface area contributed by atoms with Gasteiger partial charge in [0.25, 0.3) is 7.82 Å². The number of unbranched alkanes of at least 4 members (excludes halogenated alkanes) is 16. The molecule has 0 rings (SSSR count). The van der Waals surface area contributed by atoms with Gasteiger partial charge in [-0.05, 0) is 89.9 Å². The molecule has 0 aliphatic heterocycles. The van der Waals surface area contributed by atoms with E-state index in [9.17, 15) is 19.4 Å². The van der Waals surface area contributed by atoms with Crippen LogP contribution in [0.25, 0.3) is 0 Å². The fourth-order valence-corrected chi connectivity index (χ4v) is 7.69. The highest BCUT2D eigenvalue weighted by molar-refractivity contribution is 7.45. The molecule has 2 N–H and O–H groups in total. The molecule has 0 aromatic heterocycles. The second kappa shape index (κ2) is 48.9. The molecule has 388 valence electrons. The summed E-state index contributed by atoms with van der Waals surface area (Å²) in [6.07, 6.45) is 72.6. The van der Waals surface area contributed by atoms with Crippen LogP contribution in [-0.2, 0) is 18.4 Å². The van der Waals surface area contributed by atoms with Gasteiger partial charge >= 0.3 is 0 Å². The van der Waals surface area contributed by atoms with Gasteiger partial charge in [0.1, 0.15) is 13.2 Å². The van der Waals surface area contributed by atoms with Crippen LogP contribution in [0.3, 0.4) is 0 Å². The zero-order valence-corrected chi connectivity index (χ0v) is 44.9. The summed E-state index contributed by atoms with van der Waals surface area (Å²) < 4.78 is 23.2. The van der Waals surface area contributed by atoms with Crippen molar-refractivity contribution in [3.63, 3.8) is 0 Å². The minimum Gasteiger partial charge on any atom is -0.756 e. The van der Waals surface area contributed by atoms with Crippen LogP contribution in [0, 0.1) is 0 Å². The number of carbonyl (C=O) groups excluding carboxylic acids is 1. The van der Waals surface area contributed by atoms with Crippen LogP contribution >= 0.6 is 7.82 Å². The molecule has 8 nitrogen and oxygen atoms in total. The van der Waals surface area contributed by atoms with Crippen molar-refractivity contribution in [3.8, 4) is 0 Å². The molecule has 9 heteroatoms. The molecule has 68 heavy (non-hydrogen) atoms. The van der Waals surface area contributed by atoms with Crippen molar-refractivity contribution in [2.45, 2.75) is 206 Å². The van der Waals surface area contributed by atoms with Gasteiger partial charge in [-0.15, -0.1) is 0 Å². The van der Waals surface area contributed by atoms with Crippen molar-refractivity contribution in [1.29, 1.82) is 0 Å². The number of allylic oxidation sites excluding steroid dienone is 19. The number of aliphatic hydroxyl groups excluding tert-OH is 1. The lowest BCUT2D eigenvalue weighted by molar-refractivity contribution is -0.870. The molecule has 0 saturated carbocycles. The Kier molecular flexibility index (Phi) is 46.7. The van der Waals surface area contributed by atoms with Crippen molar-refractivity contribution < 1.29 is 32.9 Å². The Balaban J connectivity index is 4.27. The molecular weight excluding hydrogens is 864 g/mol. The number of hydrogen-bond donors (Lipinski definition) is 2. The second-order valence-electron chi connectivity index (χ2n) is 18.9. The van der Waals surface area contributed by atoms with Gasteiger partial charge in [0.05, 0.1) is 39.9 Å². The summed E-state index contributed by atoms with van der Waals surface area (Å²) in [4.78, 5) is 25.4. The maximum atomic E-state index is 12.9. The number of rotatable bonds is 47. The highest BCUT2D eigenvalue weighted by atomic mass is 31.2. The average molecular weight is 965 g/mol. The third-order valence-corrected chi connectivity index (χ3v) is 12.1. The number of phosphoric ester groups is 1. The number of hydrogen-bond acceptors (Lipinski definition) is 6. The second-order valence-corrected chi connectivity index (χ2v) is 20.3. The van der Waals surface area contributed by atoms with Gasteiger partial charge in [-0.3, -0.25) is 9.36 Å². The van der Waals surface area contributed by atoms with Crippen molar-refractivity contribution in [2.75, 3.05) is 40.9 Å². The molecule has 1 amide bonds. The minimum absolute atomic E-state index is 0.0118. The fraction of sp³-hybridized carbons (Fsp3) is 0.644. The zero-order valence-electron chi connectivity index (χ0n) is 44.0. The first-order valence-corrected chi connectivity index (χ1v) is 28.4. The Morgan fingerprint density at radius 3 is 1.31 bits per heavy atom. The molecular formula is C59H101N2O6P. The van der Waals surface area contributed by atoms with Gasteiger partial charge in [0.15, 0.2) is 0 Å². The Morgan fingerprint density at radius 2 is 0.897 bits per heavy atom. The summed E-state index contributed by atoms with van der Waals surface area (Å²) in [7, 11) is 1.23. The molecule has 0 spiro atoms.